The van der Waals surface area contributed by atoms with E-state index in [1.807, 2.05) is 0 Å². The second kappa shape index (κ2) is 11.2. The van der Waals surface area contributed by atoms with Gasteiger partial charge in [0.2, 0.25) is 12.2 Å². The van der Waals surface area contributed by atoms with Gasteiger partial charge in [-0.15, -0.1) is 0 Å². The molecule has 178 valence electrons. The quantitative estimate of drug-likeness (QED) is 0.267. The van der Waals surface area contributed by atoms with Crippen LogP contribution in [-0.2, 0) is 19.1 Å². The summed E-state index contributed by atoms with van der Waals surface area (Å²) in [6.45, 7) is 0. The van der Waals surface area contributed by atoms with Crippen LogP contribution in [0, 0.1) is 10.1 Å². The van der Waals surface area contributed by atoms with Gasteiger partial charge >= 0.3 is 17.9 Å². The van der Waals surface area contributed by atoms with Gasteiger partial charge in [-0.25, -0.2) is 14.4 Å². The maximum atomic E-state index is 13.0. The van der Waals surface area contributed by atoms with Gasteiger partial charge in [0.15, 0.2) is 0 Å². The van der Waals surface area contributed by atoms with Gasteiger partial charge in [-0.05, 0) is 30.3 Å². The van der Waals surface area contributed by atoms with E-state index in [1.165, 1.54) is 66.7 Å². The Bertz CT molecular complexity index is 1250. The second-order valence-corrected chi connectivity index (χ2v) is 7.02. The summed E-state index contributed by atoms with van der Waals surface area (Å²) in [7, 11) is 0. The summed E-state index contributed by atoms with van der Waals surface area (Å²) in [6, 6.07) is 19.7. The number of carbonyl (C=O) groups is 4. The molecule has 3 aromatic rings. The molecule has 3 aromatic carbocycles. The summed E-state index contributed by atoms with van der Waals surface area (Å²) >= 11 is 0. The molecule has 0 aliphatic rings. The minimum atomic E-state index is -2.23. The predicted octanol–water partition coefficient (Wildman–Crippen LogP) is 3.07. The van der Waals surface area contributed by atoms with Crippen LogP contribution >= 0.6 is 0 Å². The van der Waals surface area contributed by atoms with Crippen LogP contribution in [0.2, 0.25) is 0 Å². The zero-order valence-electron chi connectivity index (χ0n) is 17.9. The van der Waals surface area contributed by atoms with Crippen LogP contribution in [0.4, 0.5) is 11.4 Å². The van der Waals surface area contributed by atoms with Crippen LogP contribution in [0.5, 0.6) is 0 Å². The van der Waals surface area contributed by atoms with Crippen molar-refractivity contribution in [1.29, 1.82) is 0 Å². The highest BCUT2D eigenvalue weighted by atomic mass is 16.6. The highest BCUT2D eigenvalue weighted by molar-refractivity contribution is 6.01. The number of rotatable bonds is 9. The number of carboxylic acid groups (broad SMARTS) is 1. The van der Waals surface area contributed by atoms with Crippen molar-refractivity contribution in [2.24, 2.45) is 0 Å². The number of carbonyl (C=O) groups excluding carboxylic acids is 3. The minimum absolute atomic E-state index is 0.00554. The van der Waals surface area contributed by atoms with Crippen LogP contribution in [-0.4, -0.2) is 46.1 Å². The molecular weight excluding hydrogens is 460 g/mol. The largest absolute Gasteiger partial charge is 0.478 e. The van der Waals surface area contributed by atoms with Gasteiger partial charge in [-0.2, -0.15) is 0 Å². The van der Waals surface area contributed by atoms with E-state index < -0.39 is 40.9 Å². The molecule has 0 bridgehead atoms. The Kier molecular flexibility index (Phi) is 7.86. The van der Waals surface area contributed by atoms with E-state index in [-0.39, 0.29) is 22.5 Å². The number of amides is 1. The maximum absolute atomic E-state index is 13.0. The molecule has 1 amide bonds. The zero-order valence-corrected chi connectivity index (χ0v) is 17.9. The molecule has 0 aliphatic heterocycles. The van der Waals surface area contributed by atoms with E-state index in [9.17, 15) is 34.4 Å². The third-order valence-electron chi connectivity index (χ3n) is 4.59. The molecule has 2 unspecified atom stereocenters. The molecule has 3 rings (SSSR count). The third kappa shape index (κ3) is 6.48. The van der Waals surface area contributed by atoms with Crippen LogP contribution in [0.3, 0.4) is 0 Å². The monoisotopic (exact) mass is 478 g/mol. The van der Waals surface area contributed by atoms with Crippen LogP contribution in [0.1, 0.15) is 20.7 Å². The number of carboxylic acids is 1. The fourth-order valence-corrected chi connectivity index (χ4v) is 2.92. The number of nitrogens with one attached hydrogen (secondary N) is 1. The first-order valence-corrected chi connectivity index (χ1v) is 10.1. The van der Waals surface area contributed by atoms with Crippen molar-refractivity contribution in [2.45, 2.75) is 12.2 Å². The molecule has 35 heavy (non-hydrogen) atoms. The first-order valence-electron chi connectivity index (χ1n) is 10.1. The van der Waals surface area contributed by atoms with Crippen LogP contribution < -0.4 is 5.32 Å². The summed E-state index contributed by atoms with van der Waals surface area (Å²) in [5, 5.41) is 23.0. The second-order valence-electron chi connectivity index (χ2n) is 7.02. The van der Waals surface area contributed by atoms with E-state index in [0.29, 0.717) is 0 Å². The average molecular weight is 478 g/mol. The molecule has 11 nitrogen and oxygen atoms in total. The van der Waals surface area contributed by atoms with Crippen LogP contribution in [0.15, 0.2) is 84.9 Å². The number of nitrogens with zero attached hydrogens (tertiary/aromatic N) is 1. The lowest BCUT2D eigenvalue weighted by molar-refractivity contribution is -0.384. The number of non-ortho nitro benzene ring substituents is 1. The molecule has 2 atom stereocenters. The topological polar surface area (TPSA) is 162 Å². The summed E-state index contributed by atoms with van der Waals surface area (Å²) in [5.74, 6) is -5.05. The lowest BCUT2D eigenvalue weighted by atomic mass is 10.1. The van der Waals surface area contributed by atoms with Crippen molar-refractivity contribution in [3.05, 3.63) is 106 Å². The number of esters is 2. The average Bonchev–Trinajstić information content (AvgIpc) is 2.86. The molecule has 11 heteroatoms. The Morgan fingerprint density at radius 2 is 1.29 bits per heavy atom. The maximum Gasteiger partial charge on any atom is 0.349 e. The van der Waals surface area contributed by atoms with Crippen molar-refractivity contribution < 1.29 is 38.7 Å². The highest BCUT2D eigenvalue weighted by Crippen LogP contribution is 2.19. The van der Waals surface area contributed by atoms with Crippen molar-refractivity contribution in [1.82, 2.24) is 0 Å². The van der Waals surface area contributed by atoms with Gasteiger partial charge in [0.1, 0.15) is 0 Å². The number of ether oxygens (including phenoxy) is 2. The number of nitro groups is 1. The summed E-state index contributed by atoms with van der Waals surface area (Å²) in [6.07, 6.45) is -4.36. The Labute approximate surface area is 198 Å². The summed E-state index contributed by atoms with van der Waals surface area (Å²) in [5.41, 5.74) is -0.389. The van der Waals surface area contributed by atoms with E-state index in [4.69, 9.17) is 9.47 Å². The number of hydrogen-bond acceptors (Lipinski definition) is 8. The Morgan fingerprint density at radius 1 is 0.771 bits per heavy atom. The summed E-state index contributed by atoms with van der Waals surface area (Å²) in [4.78, 5) is 60.4. The third-order valence-corrected chi connectivity index (χ3v) is 4.59. The van der Waals surface area contributed by atoms with Gasteiger partial charge in [-0.3, -0.25) is 14.9 Å². The van der Waals surface area contributed by atoms with Crippen LogP contribution in [0.25, 0.3) is 0 Å². The van der Waals surface area contributed by atoms with E-state index in [1.54, 1.807) is 12.1 Å². The SMILES string of the molecule is O=C(OC(C(=O)O)C(OC(=O)c1ccccc1)C(=O)Nc1cccc([N+](=O)[O-])c1)c1ccccc1. The lowest BCUT2D eigenvalue weighted by Crippen LogP contribution is -2.48. The van der Waals surface area contributed by atoms with E-state index in [2.05, 4.69) is 5.32 Å². The van der Waals surface area contributed by atoms with E-state index >= 15 is 0 Å². The molecule has 0 radical (unpaired) electrons. The fourth-order valence-electron chi connectivity index (χ4n) is 2.92. The highest BCUT2D eigenvalue weighted by Gasteiger charge is 2.41. The minimum Gasteiger partial charge on any atom is -0.478 e. The first kappa shape index (κ1) is 24.6. The van der Waals surface area contributed by atoms with Gasteiger partial charge in [0.25, 0.3) is 11.6 Å². The molecular formula is C24H18N2O9. The van der Waals surface area contributed by atoms with Crippen molar-refractivity contribution >= 4 is 35.2 Å². The molecule has 0 saturated carbocycles. The van der Waals surface area contributed by atoms with E-state index in [0.717, 1.165) is 6.07 Å². The number of hydrogen-bond donors (Lipinski definition) is 2. The smallest absolute Gasteiger partial charge is 0.349 e. The van der Waals surface area contributed by atoms with Crippen molar-refractivity contribution in [3.63, 3.8) is 0 Å². The number of benzene rings is 3. The Morgan fingerprint density at radius 3 is 1.77 bits per heavy atom. The normalized spacial score (nSPS) is 12.0. The fraction of sp³-hybridized carbons (Fsp3) is 0.0833. The standard InChI is InChI=1S/C24H18N2O9/c27-21(25-17-12-7-13-18(14-17)26(32)33)19(34-23(30)15-8-3-1-4-9-15)20(22(28)29)35-24(31)16-10-5-2-6-11-16/h1-14,19-20H,(H,25,27)(H,28,29). The Hall–Kier alpha value is -5.06. The molecule has 0 fully saturated rings. The van der Waals surface area contributed by atoms with Gasteiger partial charge < -0.3 is 19.9 Å². The Balaban J connectivity index is 1.91. The van der Waals surface area contributed by atoms with Gasteiger partial charge in [0, 0.05) is 17.8 Å². The summed E-state index contributed by atoms with van der Waals surface area (Å²) < 4.78 is 10.2. The van der Waals surface area contributed by atoms with Gasteiger partial charge in [0.05, 0.1) is 16.1 Å². The van der Waals surface area contributed by atoms with Gasteiger partial charge in [-0.1, -0.05) is 42.5 Å². The molecule has 0 saturated heterocycles. The molecule has 0 heterocycles. The number of aliphatic carboxylic acids is 1. The number of anilines is 1. The molecule has 2 N–H and O–H groups in total. The first-order chi connectivity index (χ1) is 16.8. The van der Waals surface area contributed by atoms with Crippen molar-refractivity contribution in [2.75, 3.05) is 5.32 Å². The molecule has 0 spiro atoms. The number of nitro benzene ring substituents is 1. The molecule has 0 aliphatic carbocycles. The molecule has 0 aromatic heterocycles. The lowest BCUT2D eigenvalue weighted by Gasteiger charge is -2.23. The zero-order chi connectivity index (χ0) is 25.4. The van der Waals surface area contributed by atoms with Crippen molar-refractivity contribution in [3.8, 4) is 0 Å². The predicted molar refractivity (Wildman–Crippen MR) is 121 cm³/mol.